The lowest BCUT2D eigenvalue weighted by molar-refractivity contribution is -0.145. The minimum Gasteiger partial charge on any atom is -0.480 e. The molecule has 2 N–H and O–H groups in total. The van der Waals surface area contributed by atoms with E-state index in [4.69, 9.17) is 9.26 Å². The van der Waals surface area contributed by atoms with E-state index in [1.54, 1.807) is 20.8 Å². The standard InChI is InChI=1S/C21H34NO6P/c1-9-27-20(25)29(26,22-21(8,15(6)7)19(23)24)28-18-16(13(2)3)11-10-12-17(18)14(4)5/h10-15H,9H2,1-8H3,(H,22,26)(H,23,24). The van der Waals surface area contributed by atoms with E-state index >= 15 is 0 Å². The summed E-state index contributed by atoms with van der Waals surface area (Å²) in [4.78, 5) is 24.6. The van der Waals surface area contributed by atoms with Crippen molar-refractivity contribution < 1.29 is 28.5 Å². The zero-order valence-electron chi connectivity index (χ0n) is 18.6. The predicted octanol–water partition coefficient (Wildman–Crippen LogP) is 5.75. The van der Waals surface area contributed by atoms with Crippen LogP contribution in [-0.4, -0.2) is 28.9 Å². The molecule has 7 nitrogen and oxygen atoms in total. The number of hydrogen-bond donors (Lipinski definition) is 2. The van der Waals surface area contributed by atoms with Gasteiger partial charge in [-0.25, -0.2) is 14.4 Å². The van der Waals surface area contributed by atoms with Crippen molar-refractivity contribution in [2.75, 3.05) is 6.61 Å². The first-order valence-corrected chi connectivity index (χ1v) is 11.5. The molecule has 0 spiro atoms. The summed E-state index contributed by atoms with van der Waals surface area (Å²) in [6, 6.07) is 5.58. The van der Waals surface area contributed by atoms with E-state index in [1.807, 2.05) is 45.9 Å². The monoisotopic (exact) mass is 427 g/mol. The van der Waals surface area contributed by atoms with Crippen molar-refractivity contribution in [1.29, 1.82) is 0 Å². The molecule has 0 fully saturated rings. The number of nitrogens with one attached hydrogen (secondary N) is 1. The van der Waals surface area contributed by atoms with Gasteiger partial charge in [0.1, 0.15) is 11.3 Å². The van der Waals surface area contributed by atoms with Gasteiger partial charge in [0.15, 0.2) is 0 Å². The van der Waals surface area contributed by atoms with E-state index in [2.05, 4.69) is 5.09 Å². The van der Waals surface area contributed by atoms with Gasteiger partial charge >= 0.3 is 19.2 Å². The van der Waals surface area contributed by atoms with Gasteiger partial charge in [-0.1, -0.05) is 59.7 Å². The van der Waals surface area contributed by atoms with Crippen molar-refractivity contribution in [1.82, 2.24) is 5.09 Å². The van der Waals surface area contributed by atoms with Gasteiger partial charge < -0.3 is 14.4 Å². The lowest BCUT2D eigenvalue weighted by Gasteiger charge is -2.34. The Morgan fingerprint density at radius 3 is 1.93 bits per heavy atom. The maximum Gasteiger partial charge on any atom is 0.424 e. The number of aliphatic carboxylic acids is 1. The second-order valence-electron chi connectivity index (χ2n) is 8.19. The molecule has 1 rings (SSSR count). The van der Waals surface area contributed by atoms with Gasteiger partial charge in [0, 0.05) is 0 Å². The largest absolute Gasteiger partial charge is 0.480 e. The van der Waals surface area contributed by atoms with Gasteiger partial charge in [-0.3, -0.25) is 4.79 Å². The molecule has 0 heterocycles. The maximum atomic E-state index is 13.8. The van der Waals surface area contributed by atoms with Crippen molar-refractivity contribution in [3.8, 4) is 5.75 Å². The number of hydrogen-bond acceptors (Lipinski definition) is 5. The van der Waals surface area contributed by atoms with Gasteiger partial charge in [-0.05, 0) is 42.7 Å². The van der Waals surface area contributed by atoms with Crippen LogP contribution >= 0.6 is 7.52 Å². The Morgan fingerprint density at radius 2 is 1.59 bits per heavy atom. The van der Waals surface area contributed by atoms with E-state index < -0.39 is 30.7 Å². The lowest BCUT2D eigenvalue weighted by atomic mass is 9.90. The van der Waals surface area contributed by atoms with Crippen LogP contribution in [0.1, 0.15) is 78.4 Å². The summed E-state index contributed by atoms with van der Waals surface area (Å²) in [7, 11) is -4.40. The van der Waals surface area contributed by atoms with Gasteiger partial charge in [0.2, 0.25) is 0 Å². The molecule has 0 aliphatic heterocycles. The summed E-state index contributed by atoms with van der Waals surface area (Å²) in [5, 5.41) is 12.3. The van der Waals surface area contributed by atoms with Crippen LogP contribution in [0.2, 0.25) is 0 Å². The molecule has 2 unspecified atom stereocenters. The number of para-hydroxylation sites is 1. The molecule has 0 aliphatic carbocycles. The normalized spacial score (nSPS) is 15.8. The van der Waals surface area contributed by atoms with Crippen LogP contribution in [0.15, 0.2) is 18.2 Å². The Kier molecular flexibility index (Phi) is 8.48. The smallest absolute Gasteiger partial charge is 0.424 e. The van der Waals surface area contributed by atoms with E-state index in [-0.39, 0.29) is 18.4 Å². The van der Waals surface area contributed by atoms with Gasteiger partial charge in [0.25, 0.3) is 0 Å². The quantitative estimate of drug-likeness (QED) is 0.458. The van der Waals surface area contributed by atoms with Crippen LogP contribution in [0.4, 0.5) is 4.79 Å². The molecule has 0 bridgehead atoms. The first-order chi connectivity index (χ1) is 13.3. The molecule has 0 saturated heterocycles. The Morgan fingerprint density at radius 1 is 1.10 bits per heavy atom. The predicted molar refractivity (Wildman–Crippen MR) is 114 cm³/mol. The van der Waals surface area contributed by atoms with Crippen molar-refractivity contribution in [3.05, 3.63) is 29.3 Å². The number of carboxylic acids is 1. The summed E-state index contributed by atoms with van der Waals surface area (Å²) in [5.41, 5.74) is -1.19. The van der Waals surface area contributed by atoms with Crippen LogP contribution in [0.25, 0.3) is 0 Å². The highest BCUT2D eigenvalue weighted by Crippen LogP contribution is 2.51. The fourth-order valence-electron chi connectivity index (χ4n) is 2.76. The molecular weight excluding hydrogens is 393 g/mol. The molecule has 0 saturated carbocycles. The maximum absolute atomic E-state index is 13.8. The van der Waals surface area contributed by atoms with Crippen LogP contribution in [0, 0.1) is 5.92 Å². The van der Waals surface area contributed by atoms with Gasteiger partial charge in [-0.2, -0.15) is 0 Å². The van der Waals surface area contributed by atoms with Gasteiger partial charge in [-0.15, -0.1) is 0 Å². The summed E-state index contributed by atoms with van der Waals surface area (Å²) in [6.07, 6.45) is 0. The van der Waals surface area contributed by atoms with Crippen molar-refractivity contribution in [2.24, 2.45) is 5.92 Å². The second kappa shape index (κ2) is 9.77. The molecule has 2 atom stereocenters. The van der Waals surface area contributed by atoms with E-state index in [1.165, 1.54) is 6.92 Å². The van der Waals surface area contributed by atoms with Crippen molar-refractivity contribution in [2.45, 2.75) is 72.8 Å². The highest BCUT2D eigenvalue weighted by molar-refractivity contribution is 7.74. The third kappa shape index (κ3) is 5.61. The van der Waals surface area contributed by atoms with E-state index in [0.717, 1.165) is 11.1 Å². The third-order valence-corrected chi connectivity index (χ3v) is 6.83. The number of rotatable bonds is 10. The van der Waals surface area contributed by atoms with Crippen LogP contribution in [0.3, 0.4) is 0 Å². The Hall–Kier alpha value is -1.85. The first kappa shape index (κ1) is 25.2. The molecule has 0 amide bonds. The Labute approximate surface area is 173 Å². The first-order valence-electron chi connectivity index (χ1n) is 9.92. The average Bonchev–Trinajstić information content (AvgIpc) is 2.61. The number of ether oxygens (including phenoxy) is 1. The van der Waals surface area contributed by atoms with Crippen LogP contribution in [-0.2, 0) is 14.1 Å². The summed E-state index contributed by atoms with van der Waals surface area (Å²) < 4.78 is 24.7. The minimum atomic E-state index is -4.40. The number of carbonyl (C=O) groups excluding carboxylic acids is 1. The molecule has 0 radical (unpaired) electrons. The number of carbonyl (C=O) groups is 2. The molecule has 164 valence electrons. The second-order valence-corrected chi connectivity index (χ2v) is 10.1. The fourth-order valence-corrected chi connectivity index (χ4v) is 4.70. The minimum absolute atomic E-state index is 0.0117. The molecule has 29 heavy (non-hydrogen) atoms. The molecule has 8 heteroatoms. The SMILES string of the molecule is CCOC(=O)P(=O)(NC(C)(C(=O)O)C(C)C)Oc1c(C(C)C)cccc1C(C)C. The zero-order valence-corrected chi connectivity index (χ0v) is 19.5. The number of carboxylic acid groups (broad SMARTS) is 1. The topological polar surface area (TPSA) is 102 Å². The number of benzene rings is 1. The Bertz CT molecular complexity index is 763. The van der Waals surface area contributed by atoms with Gasteiger partial charge in [0.05, 0.1) is 6.61 Å². The highest BCUT2D eigenvalue weighted by Gasteiger charge is 2.49. The molecule has 0 aromatic heterocycles. The summed E-state index contributed by atoms with van der Waals surface area (Å²) in [5.74, 6) is -1.30. The summed E-state index contributed by atoms with van der Waals surface area (Å²) in [6.45, 7) is 14.1. The molecule has 1 aromatic rings. The van der Waals surface area contributed by atoms with Crippen LogP contribution < -0.4 is 9.61 Å². The third-order valence-electron chi connectivity index (χ3n) is 5.03. The molecule has 1 aromatic carbocycles. The molecule has 0 aliphatic rings. The highest BCUT2D eigenvalue weighted by atomic mass is 31.2. The summed E-state index contributed by atoms with van der Waals surface area (Å²) >= 11 is 0. The lowest BCUT2D eigenvalue weighted by Crippen LogP contribution is -2.53. The fraction of sp³-hybridized carbons (Fsp3) is 0.619. The van der Waals surface area contributed by atoms with Crippen LogP contribution in [0.5, 0.6) is 5.75 Å². The van der Waals surface area contributed by atoms with Crippen molar-refractivity contribution >= 4 is 19.2 Å². The van der Waals surface area contributed by atoms with Crippen molar-refractivity contribution in [3.63, 3.8) is 0 Å². The zero-order chi connectivity index (χ0) is 22.6. The van der Waals surface area contributed by atoms with E-state index in [9.17, 15) is 19.3 Å². The van der Waals surface area contributed by atoms with E-state index in [0.29, 0.717) is 5.75 Å². The Balaban J connectivity index is 3.63. The molecular formula is C21H34NO6P. The average molecular weight is 427 g/mol.